The number of hydrogen-bond acceptors (Lipinski definition) is 4. The third-order valence-corrected chi connectivity index (χ3v) is 2.73. The van der Waals surface area contributed by atoms with E-state index in [9.17, 15) is 18.4 Å². The van der Waals surface area contributed by atoms with Crippen molar-refractivity contribution in [3.8, 4) is 0 Å². The third-order valence-electron chi connectivity index (χ3n) is 2.73. The molecule has 0 heterocycles. The molecule has 0 bridgehead atoms. The van der Waals surface area contributed by atoms with Gasteiger partial charge in [-0.15, -0.1) is 0 Å². The van der Waals surface area contributed by atoms with Crippen molar-refractivity contribution in [3.05, 3.63) is 0 Å². The van der Waals surface area contributed by atoms with Crippen LogP contribution in [0.15, 0.2) is 0 Å². The minimum Gasteiger partial charge on any atom is -0.463 e. The lowest BCUT2D eigenvalue weighted by atomic mass is 9.77. The van der Waals surface area contributed by atoms with Crippen LogP contribution in [-0.2, 0) is 19.1 Å². The molecule has 0 fully saturated rings. The second kappa shape index (κ2) is 8.82. The summed E-state index contributed by atoms with van der Waals surface area (Å²) in [5, 5.41) is 0. The summed E-state index contributed by atoms with van der Waals surface area (Å²) >= 11 is 0. The van der Waals surface area contributed by atoms with Crippen LogP contribution in [0.25, 0.3) is 0 Å². The molecule has 0 unspecified atom stereocenters. The number of rotatable bonds is 8. The van der Waals surface area contributed by atoms with Crippen molar-refractivity contribution < 1.29 is 27.8 Å². The molecule has 19 heavy (non-hydrogen) atoms. The van der Waals surface area contributed by atoms with Gasteiger partial charge in [-0.05, 0) is 11.3 Å². The molecule has 0 aliphatic carbocycles. The van der Waals surface area contributed by atoms with Gasteiger partial charge in [-0.2, -0.15) is 0 Å². The largest absolute Gasteiger partial charge is 0.463 e. The van der Waals surface area contributed by atoms with Crippen LogP contribution >= 0.6 is 0 Å². The molecule has 4 nitrogen and oxygen atoms in total. The fourth-order valence-electron chi connectivity index (χ4n) is 1.51. The quantitative estimate of drug-likeness (QED) is 0.641. The highest BCUT2D eigenvalue weighted by molar-refractivity contribution is 5.73. The molecule has 0 atom stereocenters. The summed E-state index contributed by atoms with van der Waals surface area (Å²) in [6.45, 7) is 3.62. The van der Waals surface area contributed by atoms with Crippen molar-refractivity contribution in [1.29, 1.82) is 0 Å². The minimum atomic E-state index is -0.732. The van der Waals surface area contributed by atoms with Gasteiger partial charge in [0.05, 0.1) is 0 Å². The van der Waals surface area contributed by atoms with E-state index in [1.807, 2.05) is 20.8 Å². The van der Waals surface area contributed by atoms with Crippen LogP contribution < -0.4 is 0 Å². The van der Waals surface area contributed by atoms with Crippen LogP contribution in [0.5, 0.6) is 0 Å². The lowest BCUT2D eigenvalue weighted by Gasteiger charge is -2.29. The molecule has 0 radical (unpaired) electrons. The number of esters is 2. The normalized spacial score (nSPS) is 11.5. The molecule has 0 spiro atoms. The molecule has 0 saturated carbocycles. The predicted molar refractivity (Wildman–Crippen MR) is 66.0 cm³/mol. The van der Waals surface area contributed by atoms with E-state index in [4.69, 9.17) is 0 Å². The summed E-state index contributed by atoms with van der Waals surface area (Å²) < 4.78 is 33.1. The van der Waals surface area contributed by atoms with Crippen LogP contribution in [0.4, 0.5) is 8.78 Å². The Morgan fingerprint density at radius 3 is 1.58 bits per heavy atom. The summed E-state index contributed by atoms with van der Waals surface area (Å²) in [5.74, 6) is -1.39. The Balaban J connectivity index is 4.40. The number of alkyl halides is 2. The standard InChI is InChI=1S/C13H22F2O4/c1-13(2,3)10(8-11(16)18-6-4-14)9-12(17)19-7-5-15/h10H,4-9H2,1-3H3. The van der Waals surface area contributed by atoms with Gasteiger partial charge in [-0.3, -0.25) is 9.59 Å². The Labute approximate surface area is 112 Å². The number of hydrogen-bond donors (Lipinski definition) is 0. The van der Waals surface area contributed by atoms with Crippen LogP contribution in [0.3, 0.4) is 0 Å². The highest BCUT2D eigenvalue weighted by atomic mass is 19.1. The van der Waals surface area contributed by atoms with Crippen molar-refractivity contribution >= 4 is 11.9 Å². The molecule has 0 aromatic rings. The van der Waals surface area contributed by atoms with E-state index in [1.165, 1.54) is 0 Å². The Morgan fingerprint density at radius 2 is 1.32 bits per heavy atom. The van der Waals surface area contributed by atoms with Gasteiger partial charge < -0.3 is 9.47 Å². The van der Waals surface area contributed by atoms with E-state index in [-0.39, 0.29) is 37.4 Å². The molecule has 0 aliphatic rings. The average Bonchev–Trinajstić information content (AvgIpc) is 2.31. The number of carbonyl (C=O) groups is 2. The SMILES string of the molecule is CC(C)(C)C(CC(=O)OCCF)CC(=O)OCCF. The Morgan fingerprint density at radius 1 is 0.947 bits per heavy atom. The first kappa shape index (κ1) is 17.8. The van der Waals surface area contributed by atoms with Crippen LogP contribution in [0, 0.1) is 11.3 Å². The predicted octanol–water partition coefficient (Wildman–Crippen LogP) is 2.45. The molecular weight excluding hydrogens is 258 g/mol. The van der Waals surface area contributed by atoms with E-state index >= 15 is 0 Å². The first-order valence-electron chi connectivity index (χ1n) is 6.24. The number of ether oxygens (including phenoxy) is 2. The zero-order valence-corrected chi connectivity index (χ0v) is 11.7. The van der Waals surface area contributed by atoms with Gasteiger partial charge in [0.1, 0.15) is 26.6 Å². The summed E-state index contributed by atoms with van der Waals surface area (Å²) in [7, 11) is 0. The van der Waals surface area contributed by atoms with Gasteiger partial charge in [-0.25, -0.2) is 8.78 Å². The summed E-state index contributed by atoms with van der Waals surface area (Å²) in [4.78, 5) is 22.9. The van der Waals surface area contributed by atoms with Crippen molar-refractivity contribution in [2.75, 3.05) is 26.6 Å². The lowest BCUT2D eigenvalue weighted by Crippen LogP contribution is -2.28. The molecule has 6 heteroatoms. The van der Waals surface area contributed by atoms with Gasteiger partial charge >= 0.3 is 11.9 Å². The highest BCUT2D eigenvalue weighted by Crippen LogP contribution is 2.32. The minimum absolute atomic E-state index is 0.00816. The van der Waals surface area contributed by atoms with E-state index < -0.39 is 25.3 Å². The molecule has 0 aromatic carbocycles. The Bertz CT molecular complexity index is 265. The maximum Gasteiger partial charge on any atom is 0.306 e. The third kappa shape index (κ3) is 8.51. The zero-order valence-electron chi connectivity index (χ0n) is 11.7. The fraction of sp³-hybridized carbons (Fsp3) is 0.846. The second-order valence-corrected chi connectivity index (χ2v) is 5.29. The van der Waals surface area contributed by atoms with Crippen LogP contribution in [-0.4, -0.2) is 38.5 Å². The molecule has 0 amide bonds. The molecule has 0 saturated heterocycles. The van der Waals surface area contributed by atoms with E-state index in [0.29, 0.717) is 0 Å². The zero-order chi connectivity index (χ0) is 14.9. The van der Waals surface area contributed by atoms with Crippen molar-refractivity contribution in [1.82, 2.24) is 0 Å². The van der Waals surface area contributed by atoms with Crippen molar-refractivity contribution in [2.45, 2.75) is 33.6 Å². The van der Waals surface area contributed by atoms with Crippen LogP contribution in [0.2, 0.25) is 0 Å². The van der Waals surface area contributed by atoms with E-state index in [0.717, 1.165) is 0 Å². The van der Waals surface area contributed by atoms with E-state index in [2.05, 4.69) is 9.47 Å². The first-order valence-corrected chi connectivity index (χ1v) is 6.24. The smallest absolute Gasteiger partial charge is 0.306 e. The molecule has 0 N–H and O–H groups in total. The van der Waals surface area contributed by atoms with Crippen molar-refractivity contribution in [2.24, 2.45) is 11.3 Å². The molecule has 0 aromatic heterocycles. The van der Waals surface area contributed by atoms with Gasteiger partial charge in [0.25, 0.3) is 0 Å². The molecule has 0 rings (SSSR count). The second-order valence-electron chi connectivity index (χ2n) is 5.29. The first-order chi connectivity index (χ1) is 8.81. The summed E-state index contributed by atoms with van der Waals surface area (Å²) in [6, 6.07) is 0. The van der Waals surface area contributed by atoms with Crippen LogP contribution in [0.1, 0.15) is 33.6 Å². The lowest BCUT2D eigenvalue weighted by molar-refractivity contribution is -0.149. The summed E-state index contributed by atoms with van der Waals surface area (Å²) in [6.07, 6.45) is 0.0163. The fourth-order valence-corrected chi connectivity index (χ4v) is 1.51. The van der Waals surface area contributed by atoms with Crippen molar-refractivity contribution in [3.63, 3.8) is 0 Å². The number of halogens is 2. The van der Waals surface area contributed by atoms with Gasteiger partial charge in [0.2, 0.25) is 0 Å². The number of carbonyl (C=O) groups excluding carboxylic acids is 2. The van der Waals surface area contributed by atoms with Gasteiger partial charge in [0.15, 0.2) is 0 Å². The Kier molecular flexibility index (Phi) is 8.27. The highest BCUT2D eigenvalue weighted by Gasteiger charge is 2.30. The monoisotopic (exact) mass is 280 g/mol. The Hall–Kier alpha value is -1.20. The average molecular weight is 280 g/mol. The summed E-state index contributed by atoms with van der Waals surface area (Å²) in [5.41, 5.74) is -0.316. The molecule has 0 aliphatic heterocycles. The maximum absolute atomic E-state index is 11.9. The topological polar surface area (TPSA) is 52.6 Å². The molecular formula is C13H22F2O4. The van der Waals surface area contributed by atoms with Gasteiger partial charge in [-0.1, -0.05) is 20.8 Å². The van der Waals surface area contributed by atoms with E-state index in [1.54, 1.807) is 0 Å². The van der Waals surface area contributed by atoms with Gasteiger partial charge in [0, 0.05) is 12.8 Å². The maximum atomic E-state index is 11.9. The molecule has 112 valence electrons.